The summed E-state index contributed by atoms with van der Waals surface area (Å²) in [5, 5.41) is 10.7. The zero-order valence-electron chi connectivity index (χ0n) is 13.5. The van der Waals surface area contributed by atoms with Crippen molar-refractivity contribution in [2.75, 3.05) is 5.32 Å². The van der Waals surface area contributed by atoms with Gasteiger partial charge >= 0.3 is 88.4 Å². The van der Waals surface area contributed by atoms with Crippen LogP contribution in [0.2, 0.25) is 0 Å². The van der Waals surface area contributed by atoms with Crippen molar-refractivity contribution in [1.29, 1.82) is 0 Å². The molecule has 1 aromatic carbocycles. The van der Waals surface area contributed by atoms with Crippen molar-refractivity contribution in [3.63, 3.8) is 0 Å². The number of allylic oxidation sites excluding steroid dienone is 6. The maximum absolute atomic E-state index is 11.4. The Bertz CT molecular complexity index is 781. The molecular weight excluding hydrogens is 389 g/mol. The molecule has 1 aromatic rings. The van der Waals surface area contributed by atoms with Gasteiger partial charge in [-0.1, -0.05) is 18.2 Å². The van der Waals surface area contributed by atoms with E-state index in [-0.39, 0.29) is 15.9 Å². The molecule has 2 aliphatic rings. The second-order valence-corrected chi connectivity index (χ2v) is 8.64. The third kappa shape index (κ3) is 5.34. The molecule has 25 heavy (non-hydrogen) atoms. The fourth-order valence-electron chi connectivity index (χ4n) is 2.15. The third-order valence-electron chi connectivity index (χ3n) is 3.24. The first-order valence-electron chi connectivity index (χ1n) is 7.37. The normalized spacial score (nSPS) is 16.9. The van der Waals surface area contributed by atoms with Gasteiger partial charge in [0.25, 0.3) is 0 Å². The minimum atomic E-state index is -4.92. The van der Waals surface area contributed by atoms with Gasteiger partial charge < -0.3 is 4.74 Å². The summed E-state index contributed by atoms with van der Waals surface area (Å²) in [4.78, 5) is 10.8. The van der Waals surface area contributed by atoms with Gasteiger partial charge in [-0.15, -0.1) is 0 Å². The molecule has 7 nitrogen and oxygen atoms in total. The molecule has 0 fully saturated rings. The van der Waals surface area contributed by atoms with Crippen LogP contribution in [0.5, 0.6) is 0 Å². The fraction of sp³-hybridized carbons (Fsp3) is 0.118. The van der Waals surface area contributed by atoms with E-state index in [9.17, 15) is 12.6 Å². The van der Waals surface area contributed by atoms with Crippen LogP contribution in [0.1, 0.15) is 13.3 Å². The molecule has 0 radical (unpaired) electrons. The predicted octanol–water partition coefficient (Wildman–Crippen LogP) is 2.00. The number of rotatable bonds is 3. The van der Waals surface area contributed by atoms with Crippen LogP contribution in [0.15, 0.2) is 72.2 Å². The Labute approximate surface area is 147 Å². The molecule has 8 heteroatoms. The van der Waals surface area contributed by atoms with E-state index < -0.39 is 14.2 Å². The van der Waals surface area contributed by atoms with Crippen LogP contribution < -0.4 is 9.67 Å². The average Bonchev–Trinajstić information content (AvgIpc) is 2.62. The van der Waals surface area contributed by atoms with E-state index in [0.717, 1.165) is 12.2 Å². The Kier molecular flexibility index (Phi) is 6.61. The molecule has 1 atom stereocenters. The van der Waals surface area contributed by atoms with Crippen molar-refractivity contribution < 1.29 is 26.5 Å². The van der Waals surface area contributed by atoms with E-state index >= 15 is 0 Å². The van der Waals surface area contributed by atoms with E-state index in [2.05, 4.69) is 21.3 Å². The molecule has 0 aromatic heterocycles. The van der Waals surface area contributed by atoms with Gasteiger partial charge in [0.1, 0.15) is 5.76 Å². The van der Waals surface area contributed by atoms with Gasteiger partial charge in [0.05, 0.1) is 6.26 Å². The number of ether oxygens (including phenoxy) is 1. The summed E-state index contributed by atoms with van der Waals surface area (Å²) in [6.45, 7) is 1.27. The molecule has 1 amide bonds. The number of carbonyl (C=O) groups excluding carboxylic acids is 1. The number of para-hydroxylation sites is 1. The number of hydrogen-bond donors (Lipinski definition) is 3. The van der Waals surface area contributed by atoms with Crippen LogP contribution in [0.4, 0.5) is 5.69 Å². The van der Waals surface area contributed by atoms with E-state index in [1.807, 2.05) is 18.2 Å². The minimum absolute atomic E-state index is 0.103. The van der Waals surface area contributed by atoms with Gasteiger partial charge in [-0.3, -0.25) is 0 Å². The van der Waals surface area contributed by atoms with Gasteiger partial charge in [-0.2, -0.15) is 0 Å². The maximum atomic E-state index is 11.4. The van der Waals surface area contributed by atoms with Gasteiger partial charge in [0, 0.05) is 0 Å². The van der Waals surface area contributed by atoms with Crippen LogP contribution in [-0.4, -0.2) is 29.4 Å². The van der Waals surface area contributed by atoms with E-state index in [1.54, 1.807) is 12.3 Å². The Balaban J connectivity index is 0.000000194. The number of anilines is 1. The summed E-state index contributed by atoms with van der Waals surface area (Å²) < 4.78 is 29.4. The standard InChI is InChI=1S/C9H8O.C8H10AsNO5/c1-2-6-9-8(4-1)5-3-7-10-9;1-6(11)10-8-5-3-2-4-7(8)9(12,13)15-14/h1-3,5-7H,4H2;2-5,14H,1H3,(H,10,11)(H,12,13). The molecular formula is C17H18AsNO6. The summed E-state index contributed by atoms with van der Waals surface area (Å²) in [5.41, 5.74) is 1.43. The van der Waals surface area contributed by atoms with Gasteiger partial charge in [-0.05, 0) is 24.1 Å². The van der Waals surface area contributed by atoms with Crippen molar-refractivity contribution >= 4 is 30.1 Å². The summed E-state index contributed by atoms with van der Waals surface area (Å²) in [5.74, 6) is 0.612. The molecule has 0 saturated carbocycles. The number of nitrogens with one attached hydrogen (secondary N) is 1. The van der Waals surface area contributed by atoms with Crippen molar-refractivity contribution in [2.45, 2.75) is 13.3 Å². The van der Waals surface area contributed by atoms with Crippen LogP contribution >= 0.6 is 0 Å². The molecule has 0 saturated heterocycles. The van der Waals surface area contributed by atoms with Crippen molar-refractivity contribution in [3.05, 3.63) is 72.2 Å². The summed E-state index contributed by atoms with van der Waals surface area (Å²) in [7, 11) is 0. The molecule has 132 valence electrons. The first-order chi connectivity index (χ1) is 11.9. The number of hydrogen-bond acceptors (Lipinski definition) is 5. The van der Waals surface area contributed by atoms with E-state index in [4.69, 9.17) is 9.99 Å². The number of benzene rings is 1. The average molecular weight is 407 g/mol. The van der Waals surface area contributed by atoms with Crippen molar-refractivity contribution in [2.24, 2.45) is 0 Å². The van der Waals surface area contributed by atoms with Gasteiger partial charge in [0.15, 0.2) is 0 Å². The molecule has 3 N–H and O–H groups in total. The Morgan fingerprint density at radius 2 is 2.04 bits per heavy atom. The summed E-state index contributed by atoms with van der Waals surface area (Å²) in [6.07, 6.45) is 12.8. The summed E-state index contributed by atoms with van der Waals surface area (Å²) in [6, 6.07) is 5.84. The molecule has 0 spiro atoms. The van der Waals surface area contributed by atoms with Crippen molar-refractivity contribution in [1.82, 2.24) is 0 Å². The monoisotopic (exact) mass is 407 g/mol. The van der Waals surface area contributed by atoms with Gasteiger partial charge in [0.2, 0.25) is 0 Å². The molecule has 1 aliphatic carbocycles. The number of amides is 1. The molecule has 1 unspecified atom stereocenters. The Morgan fingerprint density at radius 1 is 1.28 bits per heavy atom. The van der Waals surface area contributed by atoms with Crippen LogP contribution in [0.3, 0.4) is 0 Å². The zero-order chi connectivity index (χ0) is 18.3. The predicted molar refractivity (Wildman–Crippen MR) is 92.9 cm³/mol. The third-order valence-corrected chi connectivity index (χ3v) is 5.80. The van der Waals surface area contributed by atoms with E-state index in [0.29, 0.717) is 0 Å². The first-order valence-corrected chi connectivity index (χ1v) is 10.7. The van der Waals surface area contributed by atoms with Crippen LogP contribution in [0, 0.1) is 0 Å². The number of fused-ring (bicyclic) bond motifs is 1. The quantitative estimate of drug-likeness (QED) is 0.402. The molecule has 1 heterocycles. The number of carbonyl (C=O) groups is 1. The molecule has 0 bridgehead atoms. The van der Waals surface area contributed by atoms with E-state index in [1.165, 1.54) is 30.7 Å². The molecule has 3 rings (SSSR count). The second-order valence-electron chi connectivity index (χ2n) is 5.10. The summed E-state index contributed by atoms with van der Waals surface area (Å²) >= 11 is -4.92. The van der Waals surface area contributed by atoms with Crippen LogP contribution in [-0.2, 0) is 17.1 Å². The van der Waals surface area contributed by atoms with Crippen molar-refractivity contribution in [3.8, 4) is 0 Å². The zero-order valence-corrected chi connectivity index (χ0v) is 15.3. The Hall–Kier alpha value is -2.31. The SMILES string of the molecule is C1=CCC2=CC=COC2=C1.CC(=O)Nc1ccccc1[As](=O)(O)OO. The fourth-order valence-corrected chi connectivity index (χ4v) is 3.82. The topological polar surface area (TPSA) is 105 Å². The first kappa shape index (κ1) is 19.0. The molecule has 1 aliphatic heterocycles. The van der Waals surface area contributed by atoms with Gasteiger partial charge in [-0.25, -0.2) is 0 Å². The second kappa shape index (κ2) is 8.69. The Morgan fingerprint density at radius 3 is 2.72 bits per heavy atom. The van der Waals surface area contributed by atoms with Crippen LogP contribution in [0.25, 0.3) is 0 Å².